The van der Waals surface area contributed by atoms with E-state index in [1.165, 1.54) is 16.7 Å². The van der Waals surface area contributed by atoms with Gasteiger partial charge in [0.2, 0.25) is 5.60 Å². The molecule has 0 bridgehead atoms. The fraction of sp³-hybridized carbons (Fsp3) is 0.127. The zero-order valence-corrected chi connectivity index (χ0v) is 48.9. The van der Waals surface area contributed by atoms with Crippen molar-refractivity contribution in [2.75, 3.05) is 11.9 Å². The quantitative estimate of drug-likeness (QED) is 0.0208. The number of ether oxygens (including phenoxy) is 1. The van der Waals surface area contributed by atoms with Gasteiger partial charge >= 0.3 is 5.97 Å². The van der Waals surface area contributed by atoms with E-state index in [1.54, 1.807) is 6.20 Å². The maximum atomic E-state index is 15.8. The fourth-order valence-electron chi connectivity index (χ4n) is 11.5. The molecule has 4 heterocycles. The Morgan fingerprint density at radius 1 is 0.663 bits per heavy atom. The van der Waals surface area contributed by atoms with Gasteiger partial charge in [-0.15, -0.1) is 0 Å². The molecular weight excluding hydrogens is 1130 g/mol. The number of aromatic nitrogens is 2. The number of thioether (sulfide) groups is 1. The number of benzene rings is 8. The number of hydrogen-bond acceptors (Lipinski definition) is 12. The van der Waals surface area contributed by atoms with Crippen LogP contribution in [-0.4, -0.2) is 57.0 Å². The largest absolute Gasteiger partial charge is 0.448 e. The number of oxime groups is 1. The van der Waals surface area contributed by atoms with Crippen LogP contribution < -0.4 is 16.4 Å². The van der Waals surface area contributed by atoms with Crippen molar-refractivity contribution in [3.8, 4) is 0 Å². The summed E-state index contributed by atoms with van der Waals surface area (Å²) in [5, 5.41) is 12.1. The molecule has 426 valence electrons. The molecule has 2 atom stereocenters. The number of anilines is 1. The molecule has 1 fully saturated rings. The van der Waals surface area contributed by atoms with Gasteiger partial charge in [0.1, 0.15) is 27.3 Å². The van der Waals surface area contributed by atoms with Gasteiger partial charge in [-0.2, -0.15) is 0 Å². The van der Waals surface area contributed by atoms with Gasteiger partial charge < -0.3 is 25.9 Å². The first kappa shape index (κ1) is 57.0. The van der Waals surface area contributed by atoms with Gasteiger partial charge in [-0.1, -0.05) is 283 Å². The molecule has 86 heavy (non-hydrogen) atoms. The smallest absolute Gasteiger partial charge is 0.356 e. The summed E-state index contributed by atoms with van der Waals surface area (Å²) in [4.78, 5) is 65.9. The van der Waals surface area contributed by atoms with Crippen molar-refractivity contribution >= 4 is 63.3 Å². The average molecular weight is 1190 g/mol. The Kier molecular flexibility index (Phi) is 17.1. The van der Waals surface area contributed by atoms with Gasteiger partial charge in [0.05, 0.1) is 11.7 Å². The highest BCUT2D eigenvalue weighted by molar-refractivity contribution is 8.03. The Morgan fingerprint density at radius 3 is 1.60 bits per heavy atom. The lowest BCUT2D eigenvalue weighted by molar-refractivity contribution is -0.158. The standard InChI is InChI=1S/C71H58ClN7O5S2/c72-65-61(76-69(86-65)77-70(50-30-13-3-14-31-50,51-32-15-4-16-33-51)52-34-17-5-18-35-52)62(78-84-71(53-36-19-6-20-37-53,54-38-21-7-22-39-54)55-40-23-8-24-41-55)66(80)75-60-57-43-44-59(85-58-42-25-47-74-56(58)45-46-73)63(79(57)67(60)81)68(82)83-64(48-26-9-1-10-27-48)49-28-11-2-12-29-49/h1-42,47,57,60,64H,43-46,73H2,(H,75,80)(H,76,77)/b78-62-. The number of thiazole rings is 1. The van der Waals surface area contributed by atoms with Crippen molar-refractivity contribution in [3.05, 3.63) is 332 Å². The van der Waals surface area contributed by atoms with Gasteiger partial charge in [0.15, 0.2) is 16.9 Å². The minimum absolute atomic E-state index is 0.00979. The Bertz CT molecular complexity index is 3800. The number of amides is 2. The van der Waals surface area contributed by atoms with E-state index in [-0.39, 0.29) is 21.4 Å². The summed E-state index contributed by atoms with van der Waals surface area (Å²) in [5.74, 6) is -2.00. The number of rotatable bonds is 21. The second-order valence-corrected chi connectivity index (χ2v) is 23.4. The number of hydrogen-bond donors (Lipinski definition) is 3. The molecule has 0 radical (unpaired) electrons. The summed E-state index contributed by atoms with van der Waals surface area (Å²) in [5.41, 5.74) is 10.6. The molecule has 12 nitrogen and oxygen atoms in total. The molecule has 10 aromatic rings. The number of allylic oxidation sites excluding steroid dienone is 1. The summed E-state index contributed by atoms with van der Waals surface area (Å²) < 4.78 is 6.67. The number of nitrogens with one attached hydrogen (secondary N) is 2. The van der Waals surface area contributed by atoms with Crippen molar-refractivity contribution < 1.29 is 24.0 Å². The molecule has 12 rings (SSSR count). The van der Waals surface area contributed by atoms with Gasteiger partial charge in [-0.25, -0.2) is 9.78 Å². The molecule has 0 aliphatic carbocycles. The summed E-state index contributed by atoms with van der Waals surface area (Å²) in [6.07, 6.45) is 2.16. The number of pyridine rings is 1. The lowest BCUT2D eigenvalue weighted by Crippen LogP contribution is -2.72. The lowest BCUT2D eigenvalue weighted by atomic mass is 9.77. The maximum Gasteiger partial charge on any atom is 0.356 e. The summed E-state index contributed by atoms with van der Waals surface area (Å²) in [6.45, 7) is 0.365. The van der Waals surface area contributed by atoms with Crippen LogP contribution in [0.1, 0.15) is 74.8 Å². The van der Waals surface area contributed by atoms with Crippen LogP contribution in [-0.2, 0) is 41.5 Å². The second-order valence-electron chi connectivity index (χ2n) is 20.7. The molecule has 1 saturated heterocycles. The molecule has 0 saturated carbocycles. The molecule has 2 amide bonds. The fourth-order valence-corrected chi connectivity index (χ4v) is 13.8. The number of carbonyl (C=O) groups excluding carboxylic acids is 3. The number of fused-ring (bicyclic) bond motifs is 1. The predicted molar refractivity (Wildman–Crippen MR) is 339 cm³/mol. The number of nitrogens with zero attached hydrogens (tertiary/aromatic N) is 4. The highest BCUT2D eigenvalue weighted by Crippen LogP contribution is 2.47. The van der Waals surface area contributed by atoms with Crippen LogP contribution in [0.2, 0.25) is 4.34 Å². The van der Waals surface area contributed by atoms with E-state index in [0.29, 0.717) is 35.8 Å². The highest BCUT2D eigenvalue weighted by atomic mass is 35.5. The monoisotopic (exact) mass is 1190 g/mol. The van der Waals surface area contributed by atoms with E-state index in [4.69, 9.17) is 37.0 Å². The predicted octanol–water partition coefficient (Wildman–Crippen LogP) is 13.6. The molecule has 2 aliphatic heterocycles. The van der Waals surface area contributed by atoms with E-state index in [0.717, 1.165) is 66.4 Å². The number of carbonyl (C=O) groups is 3. The SMILES string of the molecule is NCCc1ncccc1SC1=C(C(=O)OC(c2ccccc2)c2ccccc2)N2C(=O)C(NC(=O)/C(=N\OC(c3ccccc3)(c3ccccc3)c3ccccc3)c3nc(NC(c4ccccc4)(c4ccccc4)c4ccccc4)sc3Cl)C2CC1. The van der Waals surface area contributed by atoms with E-state index < -0.39 is 47.1 Å². The third-order valence-electron chi connectivity index (χ3n) is 15.5. The third kappa shape index (κ3) is 11.3. The van der Waals surface area contributed by atoms with Crippen LogP contribution >= 0.6 is 34.7 Å². The first-order valence-electron chi connectivity index (χ1n) is 28.3. The molecule has 2 aliphatic rings. The lowest BCUT2D eigenvalue weighted by Gasteiger charge is -2.50. The Morgan fingerprint density at radius 2 is 1.13 bits per heavy atom. The van der Waals surface area contributed by atoms with E-state index >= 15 is 14.4 Å². The van der Waals surface area contributed by atoms with Crippen LogP contribution in [0.4, 0.5) is 5.13 Å². The topological polar surface area (TPSA) is 161 Å². The van der Waals surface area contributed by atoms with E-state index in [1.807, 2.05) is 218 Å². The summed E-state index contributed by atoms with van der Waals surface area (Å²) >= 11 is 9.93. The number of halogens is 1. The molecular formula is C71H58ClN7O5S2. The first-order chi connectivity index (χ1) is 42.3. The number of β-lactam (4-membered cyclic amide) rings is 1. The summed E-state index contributed by atoms with van der Waals surface area (Å²) in [6, 6.07) is 80.2. The molecule has 0 spiro atoms. The van der Waals surface area contributed by atoms with Crippen molar-refractivity contribution in [2.24, 2.45) is 10.9 Å². The maximum absolute atomic E-state index is 15.8. The van der Waals surface area contributed by atoms with Crippen molar-refractivity contribution in [1.29, 1.82) is 0 Å². The van der Waals surface area contributed by atoms with E-state index in [2.05, 4.69) is 52.0 Å². The zero-order chi connectivity index (χ0) is 58.9. The Balaban J connectivity index is 0.957. The van der Waals surface area contributed by atoms with Crippen LogP contribution in [0.25, 0.3) is 0 Å². The van der Waals surface area contributed by atoms with Gasteiger partial charge in [0, 0.05) is 39.1 Å². The van der Waals surface area contributed by atoms with Crippen molar-refractivity contribution in [3.63, 3.8) is 0 Å². The summed E-state index contributed by atoms with van der Waals surface area (Å²) in [7, 11) is 0. The Labute approximate surface area is 512 Å². The first-order valence-corrected chi connectivity index (χ1v) is 30.3. The van der Waals surface area contributed by atoms with Gasteiger partial charge in [-0.3, -0.25) is 19.5 Å². The van der Waals surface area contributed by atoms with Crippen LogP contribution in [0.15, 0.2) is 282 Å². The number of esters is 1. The minimum Gasteiger partial charge on any atom is -0.448 e. The average Bonchev–Trinajstić information content (AvgIpc) is 2.35. The van der Waals surface area contributed by atoms with Crippen molar-refractivity contribution in [2.45, 2.75) is 53.5 Å². The molecule has 8 aromatic carbocycles. The number of nitrogens with two attached hydrogens (primary N) is 1. The van der Waals surface area contributed by atoms with Gasteiger partial charge in [0.25, 0.3) is 11.8 Å². The second kappa shape index (κ2) is 25.8. The van der Waals surface area contributed by atoms with Crippen LogP contribution in [0.3, 0.4) is 0 Å². The van der Waals surface area contributed by atoms with Gasteiger partial charge in [-0.05, 0) is 59.3 Å². The molecule has 15 heteroatoms. The molecule has 2 unspecified atom stereocenters. The normalized spacial score (nSPS) is 15.1. The minimum atomic E-state index is -1.43. The Hall–Kier alpha value is -9.44. The van der Waals surface area contributed by atoms with Crippen LogP contribution in [0, 0.1) is 0 Å². The molecule has 4 N–H and O–H groups in total. The van der Waals surface area contributed by atoms with Crippen LogP contribution in [0.5, 0.6) is 0 Å². The molecule has 2 aromatic heterocycles. The third-order valence-corrected chi connectivity index (χ3v) is 17.9. The highest BCUT2D eigenvalue weighted by Gasteiger charge is 2.55. The van der Waals surface area contributed by atoms with Crippen molar-refractivity contribution in [1.82, 2.24) is 20.2 Å². The zero-order valence-electron chi connectivity index (χ0n) is 46.5. The van der Waals surface area contributed by atoms with E-state index in [9.17, 15) is 0 Å².